The zero-order valence-corrected chi connectivity index (χ0v) is 15.6. The summed E-state index contributed by atoms with van der Waals surface area (Å²) in [4.78, 5) is 40.7. The minimum atomic E-state index is -1.55. The molecule has 3 rings (SSSR count). The minimum Gasteiger partial charge on any atom is -0.382 e. The molecule has 0 spiro atoms. The highest BCUT2D eigenvalue weighted by Crippen LogP contribution is 2.21. The van der Waals surface area contributed by atoms with Crippen molar-refractivity contribution in [2.24, 2.45) is 0 Å². The lowest BCUT2D eigenvalue weighted by Crippen LogP contribution is -2.31. The first-order chi connectivity index (χ1) is 12.4. The number of aromatic nitrogens is 1. The summed E-state index contributed by atoms with van der Waals surface area (Å²) in [6.07, 6.45) is 0. The van der Waals surface area contributed by atoms with Crippen molar-refractivity contribution in [3.05, 3.63) is 57.7 Å². The highest BCUT2D eigenvalue weighted by Gasteiger charge is 2.27. The maximum Gasteiger partial charge on any atom is 0.197 e. The van der Waals surface area contributed by atoms with Crippen molar-refractivity contribution in [1.29, 1.82) is 0 Å². The smallest absolute Gasteiger partial charge is 0.197 e. The summed E-state index contributed by atoms with van der Waals surface area (Å²) in [6, 6.07) is 9.22. The number of hydrogen-bond donors (Lipinski definition) is 3. The third-order valence-electron chi connectivity index (χ3n) is 4.43. The number of rotatable bonds is 4. The van der Waals surface area contributed by atoms with Gasteiger partial charge in [0, 0.05) is 32.9 Å². The fraction of sp³-hybridized carbons (Fsp3) is 0.286. The van der Waals surface area contributed by atoms with Crippen molar-refractivity contribution in [3.8, 4) is 0 Å². The van der Waals surface area contributed by atoms with E-state index in [4.69, 9.17) is 0 Å². The van der Waals surface area contributed by atoms with Gasteiger partial charge in [0.05, 0.1) is 0 Å². The molecule has 6 heteroatoms. The van der Waals surface area contributed by atoms with Gasteiger partial charge in [0.1, 0.15) is 11.2 Å². The molecular formula is C21H21NO5. The molecule has 0 amide bonds. The van der Waals surface area contributed by atoms with E-state index in [1.54, 1.807) is 24.3 Å². The highest BCUT2D eigenvalue weighted by molar-refractivity contribution is 6.07. The molecule has 0 saturated carbocycles. The molecule has 2 aromatic carbocycles. The van der Waals surface area contributed by atoms with Crippen LogP contribution in [0.25, 0.3) is 21.8 Å². The van der Waals surface area contributed by atoms with E-state index in [0.29, 0.717) is 11.0 Å². The van der Waals surface area contributed by atoms with Crippen molar-refractivity contribution in [2.45, 2.75) is 38.9 Å². The Morgan fingerprint density at radius 1 is 0.778 bits per heavy atom. The van der Waals surface area contributed by atoms with Gasteiger partial charge in [0.25, 0.3) is 0 Å². The van der Waals surface area contributed by atoms with E-state index in [1.165, 1.54) is 39.8 Å². The van der Waals surface area contributed by atoms with Crippen molar-refractivity contribution in [1.82, 2.24) is 4.98 Å². The van der Waals surface area contributed by atoms with Gasteiger partial charge >= 0.3 is 0 Å². The molecule has 0 aliphatic rings. The Bertz CT molecular complexity index is 1060. The van der Waals surface area contributed by atoms with Crippen LogP contribution in [0.2, 0.25) is 0 Å². The van der Waals surface area contributed by atoms with Gasteiger partial charge in [0.2, 0.25) is 0 Å². The number of carbonyl (C=O) groups excluding carboxylic acids is 2. The molecule has 27 heavy (non-hydrogen) atoms. The summed E-state index contributed by atoms with van der Waals surface area (Å²) in [5.74, 6) is -0.982. The van der Waals surface area contributed by atoms with Crippen LogP contribution < -0.4 is 5.43 Å². The SMILES string of the molecule is CC(C)(O)C(=O)c1ccc2[nH]c3ccc(C(=O)C(C)(C)O)cc3c(=O)c2c1. The van der Waals surface area contributed by atoms with Crippen LogP contribution in [-0.2, 0) is 0 Å². The number of carbonyl (C=O) groups is 2. The van der Waals surface area contributed by atoms with E-state index in [9.17, 15) is 24.6 Å². The fourth-order valence-corrected chi connectivity index (χ4v) is 2.96. The number of pyridine rings is 1. The first-order valence-electron chi connectivity index (χ1n) is 8.54. The lowest BCUT2D eigenvalue weighted by Gasteiger charge is -2.16. The monoisotopic (exact) mass is 367 g/mol. The van der Waals surface area contributed by atoms with Gasteiger partial charge in [-0.15, -0.1) is 0 Å². The number of aromatic amines is 1. The Balaban J connectivity index is 2.25. The molecule has 0 saturated heterocycles. The summed E-state index contributed by atoms with van der Waals surface area (Å²) in [7, 11) is 0. The van der Waals surface area contributed by atoms with Crippen LogP contribution in [0.15, 0.2) is 41.2 Å². The summed E-state index contributed by atoms with van der Waals surface area (Å²) in [5.41, 5.74) is -1.91. The molecule has 0 aliphatic carbocycles. The zero-order valence-electron chi connectivity index (χ0n) is 15.6. The van der Waals surface area contributed by atoms with Gasteiger partial charge in [-0.2, -0.15) is 0 Å². The second-order valence-corrected chi connectivity index (χ2v) is 7.75. The maximum absolute atomic E-state index is 13.0. The normalized spacial score (nSPS) is 12.5. The van der Waals surface area contributed by atoms with Gasteiger partial charge < -0.3 is 15.2 Å². The van der Waals surface area contributed by atoms with Gasteiger partial charge in [-0.1, -0.05) is 0 Å². The molecule has 0 bridgehead atoms. The Morgan fingerprint density at radius 3 is 1.48 bits per heavy atom. The first-order valence-corrected chi connectivity index (χ1v) is 8.54. The lowest BCUT2D eigenvalue weighted by atomic mass is 9.94. The third-order valence-corrected chi connectivity index (χ3v) is 4.43. The summed E-state index contributed by atoms with van der Waals surface area (Å²) >= 11 is 0. The number of hydrogen-bond acceptors (Lipinski definition) is 5. The second kappa shape index (κ2) is 6.11. The van der Waals surface area contributed by atoms with Crippen LogP contribution in [0.5, 0.6) is 0 Å². The average molecular weight is 367 g/mol. The molecule has 3 aromatic rings. The second-order valence-electron chi connectivity index (χ2n) is 7.75. The molecule has 0 radical (unpaired) electrons. The maximum atomic E-state index is 13.0. The molecule has 6 nitrogen and oxygen atoms in total. The minimum absolute atomic E-state index is 0.226. The Morgan fingerprint density at radius 2 is 1.15 bits per heavy atom. The quantitative estimate of drug-likeness (QED) is 0.485. The summed E-state index contributed by atoms with van der Waals surface area (Å²) in [5, 5.41) is 20.4. The number of H-pyrrole nitrogens is 1. The van der Waals surface area contributed by atoms with Crippen LogP contribution in [0.3, 0.4) is 0 Å². The number of Topliss-reactive ketones (excluding diaryl/α,β-unsaturated/α-hetero) is 2. The van der Waals surface area contributed by atoms with Crippen LogP contribution in [0.4, 0.5) is 0 Å². The van der Waals surface area contributed by atoms with Gasteiger partial charge in [-0.3, -0.25) is 14.4 Å². The number of nitrogens with one attached hydrogen (secondary N) is 1. The highest BCUT2D eigenvalue weighted by atomic mass is 16.3. The molecule has 1 aromatic heterocycles. The van der Waals surface area contributed by atoms with E-state index in [2.05, 4.69) is 4.98 Å². The third kappa shape index (κ3) is 3.41. The molecular weight excluding hydrogens is 346 g/mol. The van der Waals surface area contributed by atoms with Crippen LogP contribution >= 0.6 is 0 Å². The van der Waals surface area contributed by atoms with Crippen molar-refractivity contribution < 1.29 is 19.8 Å². The summed E-state index contributed by atoms with van der Waals surface area (Å²) in [6.45, 7) is 5.55. The molecule has 0 fully saturated rings. The van der Waals surface area contributed by atoms with Gasteiger partial charge in [0.15, 0.2) is 17.0 Å². The van der Waals surface area contributed by atoms with Crippen LogP contribution in [0.1, 0.15) is 48.4 Å². The summed E-state index contributed by atoms with van der Waals surface area (Å²) < 4.78 is 0. The van der Waals surface area contributed by atoms with E-state index < -0.39 is 22.8 Å². The predicted octanol–water partition coefficient (Wildman–Crippen LogP) is 2.59. The van der Waals surface area contributed by atoms with E-state index in [-0.39, 0.29) is 27.3 Å². The van der Waals surface area contributed by atoms with E-state index >= 15 is 0 Å². The Labute approximate surface area is 155 Å². The van der Waals surface area contributed by atoms with Gasteiger partial charge in [-0.25, -0.2) is 0 Å². The molecule has 0 unspecified atom stereocenters. The Hall–Kier alpha value is -2.83. The standard InChI is InChI=1S/C21H21NO5/c1-20(2,26)18(24)11-5-7-15-13(9-11)17(23)14-10-12(6-8-16(14)22-15)19(25)21(3,4)27/h5-10,26-27H,1-4H3,(H,22,23). The van der Waals surface area contributed by atoms with Crippen molar-refractivity contribution >= 4 is 33.4 Å². The molecule has 0 atom stereocenters. The Kier molecular flexibility index (Phi) is 4.29. The average Bonchev–Trinajstić information content (AvgIpc) is 2.58. The largest absolute Gasteiger partial charge is 0.382 e. The number of ketones is 2. The number of benzene rings is 2. The van der Waals surface area contributed by atoms with E-state index in [0.717, 1.165) is 0 Å². The fourth-order valence-electron chi connectivity index (χ4n) is 2.96. The molecule has 0 aliphatic heterocycles. The van der Waals surface area contributed by atoms with Crippen LogP contribution in [0, 0.1) is 0 Å². The molecule has 3 N–H and O–H groups in total. The molecule has 1 heterocycles. The topological polar surface area (TPSA) is 107 Å². The van der Waals surface area contributed by atoms with Crippen LogP contribution in [-0.4, -0.2) is 38.0 Å². The number of aliphatic hydroxyl groups is 2. The lowest BCUT2D eigenvalue weighted by molar-refractivity contribution is 0.0487. The predicted molar refractivity (Wildman–Crippen MR) is 103 cm³/mol. The van der Waals surface area contributed by atoms with E-state index in [1.807, 2.05) is 0 Å². The number of fused-ring (bicyclic) bond motifs is 2. The zero-order chi connectivity index (χ0) is 20.1. The van der Waals surface area contributed by atoms with Crippen molar-refractivity contribution in [2.75, 3.05) is 0 Å². The van der Waals surface area contributed by atoms with Crippen molar-refractivity contribution in [3.63, 3.8) is 0 Å². The first kappa shape index (κ1) is 18.9. The van der Waals surface area contributed by atoms with Gasteiger partial charge in [-0.05, 0) is 64.1 Å². The molecule has 140 valence electrons.